The van der Waals surface area contributed by atoms with Gasteiger partial charge in [-0.15, -0.1) is 0 Å². The summed E-state index contributed by atoms with van der Waals surface area (Å²) in [4.78, 5) is 14.6. The number of nitro groups is 1. The summed E-state index contributed by atoms with van der Waals surface area (Å²) in [6.45, 7) is 0. The number of aliphatic imine (C=N–C) groups is 1. The minimum Gasteiger partial charge on any atom is -0.495 e. The van der Waals surface area contributed by atoms with E-state index in [0.29, 0.717) is 21.4 Å². The smallest absolute Gasteiger partial charge is 0.294 e. The number of methoxy groups -OCH3 is 1. The van der Waals surface area contributed by atoms with E-state index in [2.05, 4.69) is 4.99 Å². The molecule has 2 aromatic rings. The second-order valence-corrected chi connectivity index (χ2v) is 4.86. The Hall–Kier alpha value is -2.11. The van der Waals surface area contributed by atoms with Crippen molar-refractivity contribution in [3.8, 4) is 5.75 Å². The highest BCUT2D eigenvalue weighted by atomic mass is 35.5. The molecule has 0 bridgehead atoms. The van der Waals surface area contributed by atoms with Crippen LogP contribution >= 0.6 is 23.2 Å². The highest BCUT2D eigenvalue weighted by Gasteiger charge is 2.12. The summed E-state index contributed by atoms with van der Waals surface area (Å²) in [7, 11) is 1.47. The van der Waals surface area contributed by atoms with Crippen LogP contribution in [0.4, 0.5) is 11.4 Å². The van der Waals surface area contributed by atoms with E-state index >= 15 is 0 Å². The largest absolute Gasteiger partial charge is 0.495 e. The second-order valence-electron chi connectivity index (χ2n) is 4.01. The van der Waals surface area contributed by atoms with Gasteiger partial charge in [-0.1, -0.05) is 35.3 Å². The van der Waals surface area contributed by atoms with Gasteiger partial charge in [0, 0.05) is 22.9 Å². The molecule has 2 rings (SSSR count). The van der Waals surface area contributed by atoms with Crippen LogP contribution in [0.1, 0.15) is 5.56 Å². The van der Waals surface area contributed by atoms with Crippen molar-refractivity contribution in [2.45, 2.75) is 0 Å². The number of nitro benzene ring substituents is 1. The van der Waals surface area contributed by atoms with Gasteiger partial charge in [-0.2, -0.15) is 0 Å². The van der Waals surface area contributed by atoms with E-state index < -0.39 is 4.92 Å². The molecule has 0 N–H and O–H groups in total. The Morgan fingerprint density at radius 3 is 2.67 bits per heavy atom. The highest BCUT2D eigenvalue weighted by molar-refractivity contribution is 6.36. The van der Waals surface area contributed by atoms with Gasteiger partial charge < -0.3 is 4.74 Å². The maximum atomic E-state index is 10.9. The van der Waals surface area contributed by atoms with Crippen molar-refractivity contribution in [3.05, 3.63) is 62.1 Å². The molecule has 0 saturated carbocycles. The number of para-hydroxylation sites is 2. The van der Waals surface area contributed by atoms with Crippen molar-refractivity contribution in [2.75, 3.05) is 7.11 Å². The highest BCUT2D eigenvalue weighted by Crippen LogP contribution is 2.32. The molecule has 7 heteroatoms. The first-order valence-corrected chi connectivity index (χ1v) is 6.59. The first-order valence-electron chi connectivity index (χ1n) is 5.83. The maximum Gasteiger partial charge on any atom is 0.294 e. The molecule has 0 radical (unpaired) electrons. The summed E-state index contributed by atoms with van der Waals surface area (Å²) in [5.74, 6) is 0.406. The van der Waals surface area contributed by atoms with Gasteiger partial charge in [0.2, 0.25) is 0 Å². The molecule has 0 aromatic heterocycles. The van der Waals surface area contributed by atoms with E-state index in [0.717, 1.165) is 0 Å². The van der Waals surface area contributed by atoms with Crippen molar-refractivity contribution in [1.82, 2.24) is 0 Å². The van der Waals surface area contributed by atoms with E-state index in [1.165, 1.54) is 19.4 Å². The fourth-order valence-electron chi connectivity index (χ4n) is 1.76. The summed E-state index contributed by atoms with van der Waals surface area (Å²) in [6, 6.07) is 9.34. The van der Waals surface area contributed by atoms with Crippen molar-refractivity contribution in [3.63, 3.8) is 0 Å². The standard InChI is InChI=1S/C14H10Cl2N2O3/c1-21-14-9(6-10(15)7-11(14)16)8-17-12-4-2-3-5-13(12)18(19)20/h2-8H,1H3. The Morgan fingerprint density at radius 2 is 2.00 bits per heavy atom. The summed E-state index contributed by atoms with van der Waals surface area (Å²) in [5, 5.41) is 11.7. The molecule has 108 valence electrons. The summed E-state index contributed by atoms with van der Waals surface area (Å²) >= 11 is 12.0. The van der Waals surface area contributed by atoms with Crippen LogP contribution in [-0.2, 0) is 0 Å². The number of hydrogen-bond donors (Lipinski definition) is 0. The third-order valence-electron chi connectivity index (χ3n) is 2.66. The van der Waals surface area contributed by atoms with E-state index in [9.17, 15) is 10.1 Å². The van der Waals surface area contributed by atoms with Crippen molar-refractivity contribution < 1.29 is 9.66 Å². The number of hydrogen-bond acceptors (Lipinski definition) is 4. The Morgan fingerprint density at radius 1 is 1.29 bits per heavy atom. The van der Waals surface area contributed by atoms with Gasteiger partial charge in [0.05, 0.1) is 17.1 Å². The molecule has 0 saturated heterocycles. The Balaban J connectivity index is 2.45. The molecular weight excluding hydrogens is 315 g/mol. The lowest BCUT2D eigenvalue weighted by Gasteiger charge is -2.07. The van der Waals surface area contributed by atoms with Crippen molar-refractivity contribution >= 4 is 40.8 Å². The van der Waals surface area contributed by atoms with Crippen LogP contribution in [-0.4, -0.2) is 18.2 Å². The Bertz CT molecular complexity index is 717. The topological polar surface area (TPSA) is 64.7 Å². The van der Waals surface area contributed by atoms with Gasteiger partial charge in [0.25, 0.3) is 5.69 Å². The summed E-state index contributed by atoms with van der Waals surface area (Å²) in [6.07, 6.45) is 1.43. The zero-order chi connectivity index (χ0) is 15.4. The number of benzene rings is 2. The SMILES string of the molecule is COc1c(Cl)cc(Cl)cc1C=Nc1ccccc1[N+](=O)[O-]. The van der Waals surface area contributed by atoms with Crippen LogP contribution < -0.4 is 4.74 Å². The lowest BCUT2D eigenvalue weighted by molar-refractivity contribution is -0.384. The van der Waals surface area contributed by atoms with E-state index in [1.807, 2.05) is 0 Å². The fraction of sp³-hybridized carbons (Fsp3) is 0.0714. The number of nitrogens with zero attached hydrogens (tertiary/aromatic N) is 2. The molecule has 0 aliphatic carbocycles. The lowest BCUT2D eigenvalue weighted by Crippen LogP contribution is -1.93. The van der Waals surface area contributed by atoms with E-state index in [-0.39, 0.29) is 11.4 Å². The lowest BCUT2D eigenvalue weighted by atomic mass is 10.2. The predicted octanol–water partition coefficient (Wildman–Crippen LogP) is 4.66. The Labute approximate surface area is 130 Å². The molecule has 0 aliphatic rings. The average Bonchev–Trinajstić information content (AvgIpc) is 2.44. The Kier molecular flexibility index (Phi) is 4.77. The van der Waals surface area contributed by atoms with Crippen LogP contribution in [0, 0.1) is 10.1 Å². The average molecular weight is 325 g/mol. The first-order chi connectivity index (χ1) is 10.0. The van der Waals surface area contributed by atoms with Gasteiger partial charge in [-0.3, -0.25) is 10.1 Å². The molecular formula is C14H10Cl2N2O3. The third kappa shape index (κ3) is 3.51. The van der Waals surface area contributed by atoms with Gasteiger partial charge >= 0.3 is 0 Å². The fourth-order valence-corrected chi connectivity index (χ4v) is 2.34. The number of ether oxygens (including phenoxy) is 1. The molecule has 0 fully saturated rings. The number of rotatable bonds is 4. The monoisotopic (exact) mass is 324 g/mol. The molecule has 5 nitrogen and oxygen atoms in total. The summed E-state index contributed by atoms with van der Waals surface area (Å²) in [5.41, 5.74) is 0.689. The van der Waals surface area contributed by atoms with Crippen molar-refractivity contribution in [1.29, 1.82) is 0 Å². The van der Waals surface area contributed by atoms with Crippen LogP contribution in [0.2, 0.25) is 10.0 Å². The molecule has 21 heavy (non-hydrogen) atoms. The molecule has 0 spiro atoms. The normalized spacial score (nSPS) is 10.8. The first kappa shape index (κ1) is 15.3. The van der Waals surface area contributed by atoms with Gasteiger partial charge in [-0.05, 0) is 18.2 Å². The minimum absolute atomic E-state index is 0.0826. The molecule has 0 aliphatic heterocycles. The quantitative estimate of drug-likeness (QED) is 0.466. The minimum atomic E-state index is -0.491. The van der Waals surface area contributed by atoms with Crippen LogP contribution in [0.3, 0.4) is 0 Å². The molecule has 0 heterocycles. The van der Waals surface area contributed by atoms with Crippen molar-refractivity contribution in [2.24, 2.45) is 4.99 Å². The van der Waals surface area contributed by atoms with Gasteiger partial charge in [0.1, 0.15) is 11.4 Å². The number of halogens is 2. The molecule has 2 aromatic carbocycles. The zero-order valence-corrected chi connectivity index (χ0v) is 12.4. The van der Waals surface area contributed by atoms with Crippen LogP contribution in [0.25, 0.3) is 0 Å². The second kappa shape index (κ2) is 6.56. The molecule has 0 atom stereocenters. The maximum absolute atomic E-state index is 10.9. The van der Waals surface area contributed by atoms with E-state index in [4.69, 9.17) is 27.9 Å². The predicted molar refractivity (Wildman–Crippen MR) is 83.4 cm³/mol. The van der Waals surface area contributed by atoms with Gasteiger partial charge in [0.15, 0.2) is 0 Å². The molecule has 0 unspecified atom stereocenters. The van der Waals surface area contributed by atoms with Crippen LogP contribution in [0.15, 0.2) is 41.4 Å². The van der Waals surface area contributed by atoms with Gasteiger partial charge in [-0.25, -0.2) is 4.99 Å². The van der Waals surface area contributed by atoms with E-state index in [1.54, 1.807) is 30.3 Å². The van der Waals surface area contributed by atoms with Crippen LogP contribution in [0.5, 0.6) is 5.75 Å². The zero-order valence-electron chi connectivity index (χ0n) is 10.9. The summed E-state index contributed by atoms with van der Waals surface area (Å²) < 4.78 is 5.18. The molecule has 0 amide bonds. The third-order valence-corrected chi connectivity index (χ3v) is 3.16.